The van der Waals surface area contributed by atoms with Crippen molar-refractivity contribution < 1.29 is 76.6 Å². The first-order valence-electron chi connectivity index (χ1n) is 6.56. The summed E-state index contributed by atoms with van der Waals surface area (Å²) in [5, 5.41) is 14.0. The van der Waals surface area contributed by atoms with E-state index in [0.717, 1.165) is 14.2 Å². The first-order valence-corrected chi connectivity index (χ1v) is 9.12. The molecule has 0 aromatic heterocycles. The van der Waals surface area contributed by atoms with E-state index in [1.165, 1.54) is 35.4 Å². The molecule has 0 amide bonds. The second-order valence-electron chi connectivity index (χ2n) is 2.64. The van der Waals surface area contributed by atoms with Crippen LogP contribution in [0.3, 0.4) is 0 Å². The maximum absolute atomic E-state index is 10.2. The van der Waals surface area contributed by atoms with Gasteiger partial charge in [0, 0.05) is 21.1 Å². The molecule has 19 heteroatoms. The number of ether oxygens (including phenoxy) is 4. The lowest BCUT2D eigenvalue weighted by Gasteiger charge is -1.99. The van der Waals surface area contributed by atoms with E-state index in [4.69, 9.17) is 24.9 Å². The van der Waals surface area contributed by atoms with Gasteiger partial charge in [-0.2, -0.15) is 0 Å². The molecule has 0 aliphatic rings. The summed E-state index contributed by atoms with van der Waals surface area (Å²) in [4.78, 5) is 62.0. The number of aliphatic hydroxyl groups is 2. The summed E-state index contributed by atoms with van der Waals surface area (Å²) in [5.41, 5.74) is 0. The first kappa shape index (κ1) is 42.5. The number of carbonyl (C=O) groups excluding carboxylic acids is 4. The lowest BCUT2D eigenvalue weighted by molar-refractivity contribution is -0.131. The van der Waals surface area contributed by atoms with Gasteiger partial charge in [-0.25, -0.2) is 14.4 Å². The average molecular weight is 510 g/mol. The highest BCUT2D eigenvalue weighted by molar-refractivity contribution is 7.27. The lowest BCUT2D eigenvalue weighted by Crippen LogP contribution is -1.98. The third kappa shape index (κ3) is 71.8. The van der Waals surface area contributed by atoms with Crippen LogP contribution in [-0.4, -0.2) is 92.0 Å². The van der Waals surface area contributed by atoms with Gasteiger partial charge in [-0.15, -0.1) is 0 Å². The van der Waals surface area contributed by atoms with Crippen LogP contribution < -0.4 is 0 Å². The first-order chi connectivity index (χ1) is 14.2. The van der Waals surface area contributed by atoms with Crippen molar-refractivity contribution in [1.29, 1.82) is 0 Å². The number of hydrogen-bond donors (Lipinski definition) is 5. The molecular formula is C11H29O16P3. The Hall–Kier alpha value is -1.63. The molecule has 0 saturated heterocycles. The van der Waals surface area contributed by atoms with Crippen LogP contribution in [-0.2, 0) is 37.3 Å². The van der Waals surface area contributed by atoms with Gasteiger partial charge in [-0.3, -0.25) is 4.79 Å². The van der Waals surface area contributed by atoms with E-state index in [1.807, 2.05) is 0 Å². The predicted octanol–water partition coefficient (Wildman–Crippen LogP) is 0.207. The Kier molecular flexibility index (Phi) is 64.9. The summed E-state index contributed by atoms with van der Waals surface area (Å²) in [6, 6.07) is 0. The molecule has 0 bridgehead atoms. The van der Waals surface area contributed by atoms with E-state index >= 15 is 0 Å². The van der Waals surface area contributed by atoms with Crippen LogP contribution in [0, 0.1) is 0 Å². The Bertz CT molecular complexity index is 364. The Morgan fingerprint density at radius 2 is 0.900 bits per heavy atom. The number of methoxy groups -OCH3 is 4. The summed E-state index contributed by atoms with van der Waals surface area (Å²) in [7, 11) is 4.48. The van der Waals surface area contributed by atoms with Crippen LogP contribution in [0.25, 0.3) is 0 Å². The molecule has 184 valence electrons. The van der Waals surface area contributed by atoms with Gasteiger partial charge in [0.1, 0.15) is 9.03 Å². The minimum atomic E-state index is -0.917. The highest BCUT2D eigenvalue weighted by Gasteiger charge is 2.00. The second kappa shape index (κ2) is 45.9. The number of rotatable bonds is 3. The van der Waals surface area contributed by atoms with Crippen LogP contribution in [0.15, 0.2) is 0 Å². The number of hydrogen-bond acceptors (Lipinski definition) is 16. The van der Waals surface area contributed by atoms with E-state index in [1.54, 1.807) is 0 Å². The van der Waals surface area contributed by atoms with Crippen LogP contribution in [0.1, 0.15) is 6.92 Å². The number of carbonyl (C=O) groups is 4. The molecule has 2 atom stereocenters. The van der Waals surface area contributed by atoms with E-state index in [0.29, 0.717) is 0 Å². The molecule has 16 nitrogen and oxygen atoms in total. The van der Waals surface area contributed by atoms with Crippen molar-refractivity contribution in [3.8, 4) is 0 Å². The topological polar surface area (TPSA) is 234 Å². The monoisotopic (exact) mass is 510 g/mol. The van der Waals surface area contributed by atoms with Crippen molar-refractivity contribution in [3.05, 3.63) is 0 Å². The minimum Gasteiger partial charge on any atom is -0.438 e. The third-order valence-electron chi connectivity index (χ3n) is 1.11. The maximum Gasteiger partial charge on any atom is 0.513 e. The predicted molar refractivity (Wildman–Crippen MR) is 106 cm³/mol. The highest BCUT2D eigenvalue weighted by atomic mass is 31.1. The quantitative estimate of drug-likeness (QED) is 0.194. The molecule has 0 aromatic rings. The zero-order valence-corrected chi connectivity index (χ0v) is 20.2. The van der Waals surface area contributed by atoms with Gasteiger partial charge in [0.15, 0.2) is 0 Å². The van der Waals surface area contributed by atoms with Gasteiger partial charge in [0.2, 0.25) is 9.03 Å². The maximum atomic E-state index is 10.2. The Morgan fingerprint density at radius 1 is 0.600 bits per heavy atom. The summed E-state index contributed by atoms with van der Waals surface area (Å²) in [5.74, 6) is -0.498. The summed E-state index contributed by atoms with van der Waals surface area (Å²) in [6.07, 6.45) is -2.38. The van der Waals surface area contributed by atoms with Crippen molar-refractivity contribution in [1.82, 2.24) is 0 Å². The average Bonchev–Trinajstić information content (AvgIpc) is 2.77. The Labute approximate surface area is 178 Å². The van der Waals surface area contributed by atoms with E-state index in [-0.39, 0.29) is 0 Å². The van der Waals surface area contributed by atoms with Gasteiger partial charge < -0.3 is 57.4 Å². The molecule has 0 radical (unpaired) electrons. The molecule has 2 unspecified atom stereocenters. The van der Waals surface area contributed by atoms with Crippen molar-refractivity contribution in [2.45, 2.75) is 6.92 Å². The molecule has 0 spiro atoms. The summed E-state index contributed by atoms with van der Waals surface area (Å²) < 4.78 is 28.6. The minimum absolute atomic E-state index is 0.498. The van der Waals surface area contributed by atoms with Gasteiger partial charge in [0.05, 0.1) is 28.4 Å². The van der Waals surface area contributed by atoms with Crippen molar-refractivity contribution >= 4 is 51.5 Å². The highest BCUT2D eigenvalue weighted by Crippen LogP contribution is 2.13. The Balaban J connectivity index is -0.0000000639. The van der Waals surface area contributed by atoms with E-state index in [9.17, 15) is 19.2 Å². The van der Waals surface area contributed by atoms with Crippen molar-refractivity contribution in [2.75, 3.05) is 42.7 Å². The molecule has 0 aliphatic heterocycles. The van der Waals surface area contributed by atoms with Gasteiger partial charge in [-0.1, -0.05) is 0 Å². The summed E-state index contributed by atoms with van der Waals surface area (Å²) >= 11 is 0. The van der Waals surface area contributed by atoms with Gasteiger partial charge in [-0.05, 0) is 0 Å². The van der Waals surface area contributed by atoms with Crippen LogP contribution in [0.4, 0.5) is 14.4 Å². The third-order valence-corrected chi connectivity index (χ3v) is 1.98. The van der Waals surface area contributed by atoms with Crippen molar-refractivity contribution in [3.63, 3.8) is 0 Å². The standard InChI is InChI=1S/C4H7O5P.C3H6O3.C2H5O4P.2CH4O.H3O2P/c1-3(5)8-10-9-4(6)7-2;1-5-3(4)6-2;1-5-2(3)6-7-4;2*1-2;1-3-2/h10H,1-2H3;1-2H3;4,7H,1H3;2*2H,1H3;1-3H. The summed E-state index contributed by atoms with van der Waals surface area (Å²) in [6.45, 7) is 1.22. The smallest absolute Gasteiger partial charge is 0.438 e. The SMILES string of the molecule is CO.CO.COC(=O)OC.COC(=O)OPO.COC(=O)OPOC(C)=O.OPO. The van der Waals surface area contributed by atoms with E-state index in [2.05, 4.69) is 32.5 Å². The fourth-order valence-electron chi connectivity index (χ4n) is 0.317. The Morgan fingerprint density at radius 3 is 1.07 bits per heavy atom. The molecule has 30 heavy (non-hydrogen) atoms. The molecule has 0 heterocycles. The molecule has 0 rings (SSSR count). The second-order valence-corrected chi connectivity index (χ2v) is 3.80. The lowest BCUT2D eigenvalue weighted by atomic mass is 10.9. The fraction of sp³-hybridized carbons (Fsp3) is 0.636. The zero-order valence-electron chi connectivity index (χ0n) is 17.2. The van der Waals surface area contributed by atoms with Gasteiger partial charge in [0.25, 0.3) is 9.03 Å². The van der Waals surface area contributed by atoms with Crippen LogP contribution >= 0.6 is 27.1 Å². The normalized spacial score (nSPS) is 7.73. The molecule has 5 N–H and O–H groups in total. The molecule has 0 aliphatic carbocycles. The molecule has 0 saturated carbocycles. The molecule has 0 aromatic carbocycles. The van der Waals surface area contributed by atoms with E-state index < -0.39 is 51.5 Å². The zero-order chi connectivity index (χ0) is 25.4. The van der Waals surface area contributed by atoms with Crippen molar-refractivity contribution in [2.24, 2.45) is 0 Å². The molecular weight excluding hydrogens is 481 g/mol. The number of aliphatic hydroxyl groups excluding tert-OH is 2. The van der Waals surface area contributed by atoms with Crippen LogP contribution in [0.2, 0.25) is 0 Å². The largest absolute Gasteiger partial charge is 0.513 e. The van der Waals surface area contributed by atoms with Gasteiger partial charge >= 0.3 is 24.4 Å². The fourth-order valence-corrected chi connectivity index (χ4v) is 0.786. The van der Waals surface area contributed by atoms with Crippen LogP contribution in [0.5, 0.6) is 0 Å². The molecule has 0 fully saturated rings.